The summed E-state index contributed by atoms with van der Waals surface area (Å²) in [6.45, 7) is 1.11. The van der Waals surface area contributed by atoms with Crippen LogP contribution in [0.25, 0.3) is 0 Å². The molecule has 0 aliphatic carbocycles. The zero-order valence-electron chi connectivity index (χ0n) is 12.6. The molecule has 7 nitrogen and oxygen atoms in total. The number of hydrogen-bond acceptors (Lipinski definition) is 5. The van der Waals surface area contributed by atoms with E-state index in [1.807, 2.05) is 0 Å². The van der Waals surface area contributed by atoms with Gasteiger partial charge in [-0.3, -0.25) is 14.9 Å². The minimum absolute atomic E-state index is 0.0318. The number of ether oxygens (including phenoxy) is 1. The highest BCUT2D eigenvalue weighted by Gasteiger charge is 2.18. The minimum Gasteiger partial charge on any atom is -0.452 e. The Labute approximate surface area is 142 Å². The molecule has 0 bridgehead atoms. The molecule has 0 aliphatic heterocycles. The first-order valence-electron chi connectivity index (χ1n) is 6.85. The lowest BCUT2D eigenvalue weighted by molar-refractivity contribution is -0.384. The third kappa shape index (κ3) is 4.30. The summed E-state index contributed by atoms with van der Waals surface area (Å²) in [6.07, 6.45) is 0. The Morgan fingerprint density at radius 3 is 2.62 bits per heavy atom. The molecule has 1 N–H and O–H groups in total. The van der Waals surface area contributed by atoms with Gasteiger partial charge in [0.15, 0.2) is 6.61 Å². The molecule has 8 heteroatoms. The number of nitrogens with zero attached hydrogens (tertiary/aromatic N) is 1. The standard InChI is InChI=1S/C16H13ClN2O5/c1-10-6-7-13(14(8-10)19(22)23)18-15(20)9-24-16(21)11-4-2-3-5-12(11)17/h2-8H,9H2,1H3,(H,18,20). The van der Waals surface area contributed by atoms with Crippen molar-refractivity contribution >= 4 is 34.9 Å². The summed E-state index contributed by atoms with van der Waals surface area (Å²) in [5.74, 6) is -1.45. The van der Waals surface area contributed by atoms with Gasteiger partial charge in [0.1, 0.15) is 5.69 Å². The fourth-order valence-electron chi connectivity index (χ4n) is 1.92. The first kappa shape index (κ1) is 17.4. The zero-order chi connectivity index (χ0) is 17.7. The number of aryl methyl sites for hydroxylation is 1. The van der Waals surface area contributed by atoms with E-state index in [0.29, 0.717) is 5.56 Å². The minimum atomic E-state index is -0.755. The van der Waals surface area contributed by atoms with Gasteiger partial charge in [-0.05, 0) is 30.7 Å². The van der Waals surface area contributed by atoms with Crippen LogP contribution in [0.3, 0.4) is 0 Å². The second kappa shape index (κ2) is 7.56. The monoisotopic (exact) mass is 348 g/mol. The van der Waals surface area contributed by atoms with Crippen LogP contribution in [-0.2, 0) is 9.53 Å². The van der Waals surface area contributed by atoms with Gasteiger partial charge < -0.3 is 10.1 Å². The van der Waals surface area contributed by atoms with Crippen LogP contribution in [0.15, 0.2) is 42.5 Å². The molecule has 2 rings (SSSR count). The van der Waals surface area contributed by atoms with E-state index in [1.165, 1.54) is 24.3 Å². The molecule has 124 valence electrons. The summed E-state index contributed by atoms with van der Waals surface area (Å²) in [7, 11) is 0. The first-order chi connectivity index (χ1) is 11.4. The number of amides is 1. The van der Waals surface area contributed by atoms with Crippen molar-refractivity contribution in [2.24, 2.45) is 0 Å². The molecule has 0 saturated carbocycles. The molecular weight excluding hydrogens is 336 g/mol. The van der Waals surface area contributed by atoms with Crippen LogP contribution >= 0.6 is 11.6 Å². The van der Waals surface area contributed by atoms with Crippen molar-refractivity contribution < 1.29 is 19.2 Å². The van der Waals surface area contributed by atoms with Gasteiger partial charge in [0.05, 0.1) is 15.5 Å². The Morgan fingerprint density at radius 2 is 1.96 bits per heavy atom. The molecule has 1 amide bonds. The summed E-state index contributed by atoms with van der Waals surface area (Å²) in [4.78, 5) is 34.1. The highest BCUT2D eigenvalue weighted by atomic mass is 35.5. The van der Waals surface area contributed by atoms with Crippen LogP contribution in [-0.4, -0.2) is 23.4 Å². The van der Waals surface area contributed by atoms with Crippen molar-refractivity contribution in [2.75, 3.05) is 11.9 Å². The van der Waals surface area contributed by atoms with Crippen molar-refractivity contribution in [3.8, 4) is 0 Å². The summed E-state index contributed by atoms with van der Waals surface area (Å²) >= 11 is 5.86. The van der Waals surface area contributed by atoms with E-state index >= 15 is 0 Å². The van der Waals surface area contributed by atoms with E-state index in [9.17, 15) is 19.7 Å². The average molecular weight is 349 g/mol. The van der Waals surface area contributed by atoms with Crippen LogP contribution in [0, 0.1) is 17.0 Å². The topological polar surface area (TPSA) is 98.5 Å². The Morgan fingerprint density at radius 1 is 1.25 bits per heavy atom. The van der Waals surface area contributed by atoms with Gasteiger partial charge in [-0.2, -0.15) is 0 Å². The first-order valence-corrected chi connectivity index (χ1v) is 7.23. The quantitative estimate of drug-likeness (QED) is 0.507. The predicted molar refractivity (Wildman–Crippen MR) is 88.2 cm³/mol. The van der Waals surface area contributed by atoms with Crippen molar-refractivity contribution in [1.82, 2.24) is 0 Å². The van der Waals surface area contributed by atoms with Gasteiger partial charge in [-0.15, -0.1) is 0 Å². The number of rotatable bonds is 5. The number of nitro benzene ring substituents is 1. The number of benzene rings is 2. The van der Waals surface area contributed by atoms with Crippen LogP contribution in [0.4, 0.5) is 11.4 Å². The Kier molecular flexibility index (Phi) is 5.49. The molecule has 0 aromatic heterocycles. The Hall–Kier alpha value is -2.93. The number of nitrogens with one attached hydrogen (secondary N) is 1. The molecule has 0 saturated heterocycles. The van der Waals surface area contributed by atoms with Crippen LogP contribution in [0.1, 0.15) is 15.9 Å². The smallest absolute Gasteiger partial charge is 0.340 e. The second-order valence-electron chi connectivity index (χ2n) is 4.88. The van der Waals surface area contributed by atoms with Crippen molar-refractivity contribution in [3.63, 3.8) is 0 Å². The average Bonchev–Trinajstić information content (AvgIpc) is 2.54. The molecule has 0 aliphatic rings. The van der Waals surface area contributed by atoms with E-state index in [-0.39, 0.29) is 22.0 Å². The molecule has 0 atom stereocenters. The molecule has 0 radical (unpaired) electrons. The number of carbonyl (C=O) groups is 2. The van der Waals surface area contributed by atoms with E-state index in [2.05, 4.69) is 5.32 Å². The van der Waals surface area contributed by atoms with Crippen molar-refractivity contribution in [1.29, 1.82) is 0 Å². The van der Waals surface area contributed by atoms with E-state index in [0.717, 1.165) is 0 Å². The summed E-state index contributed by atoms with van der Waals surface area (Å²) in [5, 5.41) is 13.6. The fourth-order valence-corrected chi connectivity index (χ4v) is 2.13. The lowest BCUT2D eigenvalue weighted by atomic mass is 10.2. The van der Waals surface area contributed by atoms with E-state index in [4.69, 9.17) is 16.3 Å². The Balaban J connectivity index is 2.01. The van der Waals surface area contributed by atoms with Crippen LogP contribution < -0.4 is 5.32 Å². The zero-order valence-corrected chi connectivity index (χ0v) is 13.4. The number of anilines is 1. The number of nitro groups is 1. The third-order valence-corrected chi connectivity index (χ3v) is 3.38. The largest absolute Gasteiger partial charge is 0.452 e. The van der Waals surface area contributed by atoms with Crippen LogP contribution in [0.5, 0.6) is 0 Å². The van der Waals surface area contributed by atoms with Gasteiger partial charge in [-0.25, -0.2) is 4.79 Å². The summed E-state index contributed by atoms with van der Waals surface area (Å²) < 4.78 is 4.86. The maximum atomic E-state index is 11.8. The highest BCUT2D eigenvalue weighted by molar-refractivity contribution is 6.33. The summed E-state index contributed by atoms with van der Waals surface area (Å²) in [6, 6.07) is 10.6. The van der Waals surface area contributed by atoms with E-state index in [1.54, 1.807) is 25.1 Å². The summed E-state index contributed by atoms with van der Waals surface area (Å²) in [5.41, 5.74) is 0.614. The molecular formula is C16H13ClN2O5. The lowest BCUT2D eigenvalue weighted by Crippen LogP contribution is -2.21. The maximum Gasteiger partial charge on any atom is 0.340 e. The normalized spacial score (nSPS) is 10.1. The van der Waals surface area contributed by atoms with E-state index < -0.39 is 23.4 Å². The second-order valence-corrected chi connectivity index (χ2v) is 5.29. The number of hydrogen-bond donors (Lipinski definition) is 1. The maximum absolute atomic E-state index is 11.8. The van der Waals surface area contributed by atoms with Gasteiger partial charge in [-0.1, -0.05) is 29.8 Å². The highest BCUT2D eigenvalue weighted by Crippen LogP contribution is 2.25. The molecule has 0 fully saturated rings. The van der Waals surface area contributed by atoms with Gasteiger partial charge >= 0.3 is 5.97 Å². The van der Waals surface area contributed by atoms with Crippen molar-refractivity contribution in [2.45, 2.75) is 6.92 Å². The lowest BCUT2D eigenvalue weighted by Gasteiger charge is -2.08. The molecule has 0 spiro atoms. The molecule has 0 heterocycles. The predicted octanol–water partition coefficient (Wildman–Crippen LogP) is 3.35. The fraction of sp³-hybridized carbons (Fsp3) is 0.125. The number of halogens is 1. The number of carbonyl (C=O) groups excluding carboxylic acids is 2. The molecule has 24 heavy (non-hydrogen) atoms. The van der Waals surface area contributed by atoms with Gasteiger partial charge in [0.2, 0.25) is 0 Å². The molecule has 2 aromatic carbocycles. The third-order valence-electron chi connectivity index (χ3n) is 3.05. The van der Waals surface area contributed by atoms with Gasteiger partial charge in [0, 0.05) is 6.07 Å². The van der Waals surface area contributed by atoms with Crippen molar-refractivity contribution in [3.05, 3.63) is 68.7 Å². The van der Waals surface area contributed by atoms with Gasteiger partial charge in [0.25, 0.3) is 11.6 Å². The SMILES string of the molecule is Cc1ccc(NC(=O)COC(=O)c2ccccc2Cl)c([N+](=O)[O-])c1. The number of esters is 1. The Bertz CT molecular complexity index is 807. The van der Waals surface area contributed by atoms with Crippen LogP contribution in [0.2, 0.25) is 5.02 Å². The molecule has 2 aromatic rings. The molecule has 0 unspecified atom stereocenters.